The van der Waals surface area contributed by atoms with E-state index >= 15 is 0 Å². The van der Waals surface area contributed by atoms with Crippen LogP contribution in [0.2, 0.25) is 5.02 Å². The third kappa shape index (κ3) is 2.79. The van der Waals surface area contributed by atoms with Gasteiger partial charge < -0.3 is 0 Å². The topological polar surface area (TPSA) is 43.1 Å². The second-order valence-electron chi connectivity index (χ2n) is 5.23. The Labute approximate surface area is 152 Å². The summed E-state index contributed by atoms with van der Waals surface area (Å²) in [6.45, 7) is 0. The number of fused-ring (bicyclic) bond motifs is 2. The molecule has 0 amide bonds. The molecule has 0 spiro atoms. The summed E-state index contributed by atoms with van der Waals surface area (Å²) >= 11 is 9.46. The lowest BCUT2D eigenvalue weighted by Crippen LogP contribution is -1.94. The highest BCUT2D eigenvalue weighted by atomic mass is 35.5. The second-order valence-corrected chi connectivity index (χ2v) is 7.83. The zero-order valence-corrected chi connectivity index (χ0v) is 14.6. The fraction of sp³-hybridized carbons (Fsp3) is 0. The summed E-state index contributed by atoms with van der Waals surface area (Å²) in [4.78, 5) is 15.6. The van der Waals surface area contributed by atoms with Gasteiger partial charge in [-0.25, -0.2) is 0 Å². The van der Waals surface area contributed by atoms with Crippen LogP contribution >= 0.6 is 35.1 Å². The average Bonchev–Trinajstić information content (AvgIpc) is 2.59. The molecule has 1 aliphatic heterocycles. The Morgan fingerprint density at radius 1 is 0.833 bits per heavy atom. The first kappa shape index (κ1) is 15.6. The molecule has 1 aliphatic rings. The molecule has 3 aromatic rings. The van der Waals surface area contributed by atoms with E-state index in [9.17, 15) is 10.1 Å². The van der Waals surface area contributed by atoms with E-state index in [0.29, 0.717) is 10.6 Å². The number of nitro groups is 1. The fourth-order valence-corrected chi connectivity index (χ4v) is 5.02. The van der Waals surface area contributed by atoms with Crippen LogP contribution in [0.4, 0.5) is 5.69 Å². The minimum absolute atomic E-state index is 0.0632. The average molecular weight is 372 g/mol. The molecule has 4 rings (SSSR count). The molecule has 0 bridgehead atoms. The minimum atomic E-state index is -0.373. The van der Waals surface area contributed by atoms with Crippen LogP contribution in [0.15, 0.2) is 80.2 Å². The van der Waals surface area contributed by atoms with Gasteiger partial charge in [0.05, 0.1) is 10.5 Å². The first-order chi connectivity index (χ1) is 11.6. The maximum atomic E-state index is 11.3. The number of rotatable bonds is 2. The molecule has 6 heteroatoms. The van der Waals surface area contributed by atoms with Crippen molar-refractivity contribution in [2.24, 2.45) is 0 Å². The van der Waals surface area contributed by atoms with E-state index in [0.717, 1.165) is 15.4 Å². The number of hydrogen-bond donors (Lipinski definition) is 0. The number of hydrogen-bond acceptors (Lipinski definition) is 4. The molecule has 0 aliphatic carbocycles. The molecular weight excluding hydrogens is 362 g/mol. The van der Waals surface area contributed by atoms with Crippen molar-refractivity contribution in [2.45, 2.75) is 19.6 Å². The van der Waals surface area contributed by atoms with Gasteiger partial charge in [0.15, 0.2) is 0 Å². The van der Waals surface area contributed by atoms with Crippen LogP contribution in [0.3, 0.4) is 0 Å². The van der Waals surface area contributed by atoms with Gasteiger partial charge in [-0.2, -0.15) is 0 Å². The van der Waals surface area contributed by atoms with E-state index in [1.807, 2.05) is 30.3 Å². The van der Waals surface area contributed by atoms with Crippen molar-refractivity contribution in [2.75, 3.05) is 0 Å². The van der Waals surface area contributed by atoms with E-state index in [4.69, 9.17) is 11.6 Å². The van der Waals surface area contributed by atoms with Crippen molar-refractivity contribution in [3.8, 4) is 11.1 Å². The molecule has 0 fully saturated rings. The molecule has 0 saturated heterocycles. The number of nitrogens with zero attached hydrogens (tertiary/aromatic N) is 1. The summed E-state index contributed by atoms with van der Waals surface area (Å²) < 4.78 is 0. The summed E-state index contributed by atoms with van der Waals surface area (Å²) in [5.41, 5.74) is 1.41. The summed E-state index contributed by atoms with van der Waals surface area (Å²) in [5, 5.41) is 11.8. The SMILES string of the molecule is O=[N+]([O-])c1ccc(Cl)cc1-c1ccc2c(c1)Sc1ccccc1S2. The Balaban J connectivity index is 1.81. The maximum Gasteiger partial charge on any atom is 0.277 e. The van der Waals surface area contributed by atoms with Crippen LogP contribution in [0.25, 0.3) is 11.1 Å². The summed E-state index contributed by atoms with van der Waals surface area (Å²) in [6, 6.07) is 18.8. The van der Waals surface area contributed by atoms with E-state index in [2.05, 4.69) is 12.1 Å². The highest BCUT2D eigenvalue weighted by Crippen LogP contribution is 2.49. The number of halogens is 1. The standard InChI is InChI=1S/C18H10ClNO2S2/c19-12-6-7-14(20(21)22)13(10-12)11-5-8-17-18(9-11)24-16-4-2-1-3-15(16)23-17/h1-10H. The quantitative estimate of drug-likeness (QED) is 0.296. The third-order valence-corrected chi connectivity index (χ3v) is 6.48. The van der Waals surface area contributed by atoms with Gasteiger partial charge in [-0.05, 0) is 42.0 Å². The van der Waals surface area contributed by atoms with E-state index in [1.54, 1.807) is 35.7 Å². The predicted molar refractivity (Wildman–Crippen MR) is 98.2 cm³/mol. The largest absolute Gasteiger partial charge is 0.277 e. The van der Waals surface area contributed by atoms with Crippen LogP contribution in [0, 0.1) is 10.1 Å². The molecule has 3 nitrogen and oxygen atoms in total. The normalized spacial score (nSPS) is 12.4. The lowest BCUT2D eigenvalue weighted by molar-refractivity contribution is -0.384. The van der Waals surface area contributed by atoms with Gasteiger partial charge in [0.25, 0.3) is 5.69 Å². The van der Waals surface area contributed by atoms with E-state index in [-0.39, 0.29) is 10.6 Å². The van der Waals surface area contributed by atoms with Gasteiger partial charge in [-0.3, -0.25) is 10.1 Å². The molecular formula is C18H10ClNO2S2. The minimum Gasteiger partial charge on any atom is -0.258 e. The lowest BCUT2D eigenvalue weighted by Gasteiger charge is -2.18. The van der Waals surface area contributed by atoms with Crippen LogP contribution in [0.1, 0.15) is 0 Å². The highest BCUT2D eigenvalue weighted by molar-refractivity contribution is 8.05. The summed E-state index contributed by atoms with van der Waals surface area (Å²) in [6.07, 6.45) is 0. The molecule has 0 unspecified atom stereocenters. The Morgan fingerprint density at radius 3 is 2.21 bits per heavy atom. The Bertz CT molecular complexity index is 975. The van der Waals surface area contributed by atoms with E-state index < -0.39 is 0 Å². The molecule has 0 aromatic heterocycles. The lowest BCUT2D eigenvalue weighted by atomic mass is 10.0. The second kappa shape index (κ2) is 6.16. The van der Waals surface area contributed by atoms with Gasteiger partial charge in [0, 0.05) is 30.7 Å². The highest BCUT2D eigenvalue weighted by Gasteiger charge is 2.20. The zero-order valence-electron chi connectivity index (χ0n) is 12.2. The molecule has 0 saturated carbocycles. The monoisotopic (exact) mass is 371 g/mol. The molecule has 24 heavy (non-hydrogen) atoms. The Hall–Kier alpha value is -1.95. The van der Waals surface area contributed by atoms with Crippen LogP contribution < -0.4 is 0 Å². The molecule has 0 atom stereocenters. The molecule has 118 valence electrons. The number of benzene rings is 3. The van der Waals surface area contributed by atoms with Crippen molar-refractivity contribution in [3.05, 3.63) is 75.8 Å². The third-order valence-electron chi connectivity index (χ3n) is 3.70. The molecule has 1 heterocycles. The van der Waals surface area contributed by atoms with Crippen LogP contribution in [-0.4, -0.2) is 4.92 Å². The van der Waals surface area contributed by atoms with Crippen LogP contribution in [-0.2, 0) is 0 Å². The maximum absolute atomic E-state index is 11.3. The van der Waals surface area contributed by atoms with Gasteiger partial charge in [0.2, 0.25) is 0 Å². The zero-order chi connectivity index (χ0) is 16.7. The van der Waals surface area contributed by atoms with Gasteiger partial charge in [-0.15, -0.1) is 0 Å². The Morgan fingerprint density at radius 2 is 1.50 bits per heavy atom. The van der Waals surface area contributed by atoms with Crippen molar-refractivity contribution in [1.29, 1.82) is 0 Å². The Kier molecular flexibility index (Phi) is 4.00. The molecule has 0 N–H and O–H groups in total. The van der Waals surface area contributed by atoms with Crippen LogP contribution in [0.5, 0.6) is 0 Å². The predicted octanol–water partition coefficient (Wildman–Crippen LogP) is 6.53. The van der Waals surface area contributed by atoms with Crippen molar-refractivity contribution in [3.63, 3.8) is 0 Å². The molecule has 3 aromatic carbocycles. The summed E-state index contributed by atoms with van der Waals surface area (Å²) in [7, 11) is 0. The van der Waals surface area contributed by atoms with Gasteiger partial charge >= 0.3 is 0 Å². The smallest absolute Gasteiger partial charge is 0.258 e. The fourth-order valence-electron chi connectivity index (χ4n) is 2.59. The number of nitro benzene ring substituents is 1. The van der Waals surface area contributed by atoms with Crippen molar-refractivity contribution >= 4 is 40.8 Å². The first-order valence-corrected chi connectivity index (χ1v) is 9.16. The van der Waals surface area contributed by atoms with Crippen molar-refractivity contribution < 1.29 is 4.92 Å². The molecule has 0 radical (unpaired) electrons. The summed E-state index contributed by atoms with van der Waals surface area (Å²) in [5.74, 6) is 0. The van der Waals surface area contributed by atoms with Crippen molar-refractivity contribution in [1.82, 2.24) is 0 Å². The van der Waals surface area contributed by atoms with Gasteiger partial charge in [-0.1, -0.05) is 53.3 Å². The van der Waals surface area contributed by atoms with E-state index in [1.165, 1.54) is 15.9 Å². The van der Waals surface area contributed by atoms with Gasteiger partial charge in [0.1, 0.15) is 0 Å². The first-order valence-electron chi connectivity index (χ1n) is 7.15.